The summed E-state index contributed by atoms with van der Waals surface area (Å²) >= 11 is 0. The number of phenolic OH excluding ortho intramolecular Hbond substituents is 2. The molecule has 7 atom stereocenters. The van der Waals surface area contributed by atoms with E-state index in [2.05, 4.69) is 0 Å². The van der Waals surface area contributed by atoms with E-state index in [1.165, 1.54) is 32.1 Å². The molecule has 0 aromatic heterocycles. The van der Waals surface area contributed by atoms with Crippen molar-refractivity contribution in [2.75, 3.05) is 0 Å². The molecule has 1 aromatic rings. The second-order valence-electron chi connectivity index (χ2n) is 13.4. The van der Waals surface area contributed by atoms with Crippen LogP contribution in [0.3, 0.4) is 0 Å². The lowest BCUT2D eigenvalue weighted by Crippen LogP contribution is -2.63. The highest BCUT2D eigenvalue weighted by atomic mass is 16.6. The average molecular weight is 543 g/mol. The van der Waals surface area contributed by atoms with Crippen molar-refractivity contribution in [1.82, 2.24) is 0 Å². The molecule has 8 heteroatoms. The number of carbonyl (C=O) groups is 3. The zero-order chi connectivity index (χ0) is 29.5. The molecule has 0 amide bonds. The minimum absolute atomic E-state index is 0.0322. The number of phenols is 2. The normalized spacial score (nSPS) is 35.6. The Hall–Kier alpha value is -2.71. The molecule has 1 aromatic carbocycles. The number of ether oxygens (including phenoxy) is 1. The van der Waals surface area contributed by atoms with Crippen LogP contribution in [0.15, 0.2) is 18.2 Å². The van der Waals surface area contributed by atoms with Gasteiger partial charge in [0.25, 0.3) is 0 Å². The molecule has 4 rings (SSSR count). The summed E-state index contributed by atoms with van der Waals surface area (Å²) in [4.78, 5) is 39.0. The Morgan fingerprint density at radius 2 is 1.74 bits per heavy atom. The largest absolute Gasteiger partial charge is 0.504 e. The monoisotopic (exact) mass is 542 g/mol. The molecule has 0 spiro atoms. The third-order valence-electron chi connectivity index (χ3n) is 10.6. The van der Waals surface area contributed by atoms with Crippen molar-refractivity contribution < 1.29 is 39.5 Å². The Kier molecular flexibility index (Phi) is 6.68. The third kappa shape index (κ3) is 4.05. The van der Waals surface area contributed by atoms with Gasteiger partial charge in [-0.2, -0.15) is 0 Å². The van der Waals surface area contributed by atoms with Crippen molar-refractivity contribution in [2.24, 2.45) is 22.7 Å². The maximum atomic E-state index is 14.2. The smallest absolute Gasteiger partial charge is 0.303 e. The fraction of sp³-hybridized carbons (Fsp3) is 0.645. The quantitative estimate of drug-likeness (QED) is 0.250. The molecule has 0 radical (unpaired) electrons. The van der Waals surface area contributed by atoms with Crippen LogP contribution in [0.4, 0.5) is 0 Å². The van der Waals surface area contributed by atoms with Crippen LogP contribution in [0.5, 0.6) is 11.5 Å². The predicted molar refractivity (Wildman–Crippen MR) is 144 cm³/mol. The highest BCUT2D eigenvalue weighted by Gasteiger charge is 2.73. The van der Waals surface area contributed by atoms with Gasteiger partial charge in [-0.05, 0) is 106 Å². The summed E-state index contributed by atoms with van der Waals surface area (Å²) in [5.41, 5.74) is -3.41. The maximum Gasteiger partial charge on any atom is 0.303 e. The Bertz CT molecular complexity index is 1280. The number of Topliss-reactive ketones (excluding diaryl/α,β-unsaturated/α-hetero) is 1. The van der Waals surface area contributed by atoms with E-state index in [1.54, 1.807) is 20.8 Å². The summed E-state index contributed by atoms with van der Waals surface area (Å²) in [6, 6.07) is 1.51. The zero-order valence-electron chi connectivity index (χ0n) is 24.2. The van der Waals surface area contributed by atoms with Crippen LogP contribution < -0.4 is 0 Å². The van der Waals surface area contributed by atoms with E-state index in [9.17, 15) is 34.8 Å². The average Bonchev–Trinajstić information content (AvgIpc) is 3.00. The molecule has 3 aliphatic carbocycles. The number of aliphatic hydroxyl groups is 2. The number of esters is 1. The second kappa shape index (κ2) is 8.90. The van der Waals surface area contributed by atoms with Crippen LogP contribution in [0.2, 0.25) is 0 Å². The Labute approximate surface area is 230 Å². The minimum atomic E-state index is -1.99. The molecule has 5 unspecified atom stereocenters. The van der Waals surface area contributed by atoms with Gasteiger partial charge in [-0.3, -0.25) is 14.4 Å². The zero-order valence-corrected chi connectivity index (χ0v) is 24.2. The van der Waals surface area contributed by atoms with E-state index in [-0.39, 0.29) is 29.6 Å². The van der Waals surface area contributed by atoms with Crippen molar-refractivity contribution in [3.05, 3.63) is 34.9 Å². The molecule has 0 heterocycles. The number of carbonyl (C=O) groups excluding carboxylic acids is 3. The van der Waals surface area contributed by atoms with Gasteiger partial charge in [0.05, 0.1) is 11.5 Å². The van der Waals surface area contributed by atoms with E-state index < -0.39 is 51.2 Å². The summed E-state index contributed by atoms with van der Waals surface area (Å²) in [6.45, 7) is 13.5. The lowest BCUT2D eigenvalue weighted by Gasteiger charge is -2.61. The molecule has 39 heavy (non-hydrogen) atoms. The molecule has 2 saturated carbocycles. The number of aromatic hydroxyl groups is 2. The molecule has 4 N–H and O–H groups in total. The van der Waals surface area contributed by atoms with Gasteiger partial charge in [0.2, 0.25) is 0 Å². The standard InChI is InChI=1S/C31H42O8/c1-16-18-9-10-22-28(5)14-21(34)26(31(8,38)23(35)11-12-27(3,4)39-17(2)32)29(28,6)15-24(36)30(22,7)19(18)13-20(33)25(16)37/h11-13,21-22,26,33-34,37-38H,9-10,14-15H2,1-8H3/b12-11+/t21-,22?,26?,28+,29?,30?,31?/m1/s1. The van der Waals surface area contributed by atoms with Crippen LogP contribution in [0, 0.1) is 29.6 Å². The molecule has 8 nitrogen and oxygen atoms in total. The van der Waals surface area contributed by atoms with Crippen molar-refractivity contribution in [3.63, 3.8) is 0 Å². The van der Waals surface area contributed by atoms with Gasteiger partial charge in [0, 0.05) is 19.3 Å². The first-order valence-electron chi connectivity index (χ1n) is 13.7. The first kappa shape index (κ1) is 29.3. The number of fused-ring (bicyclic) bond motifs is 5. The third-order valence-corrected chi connectivity index (χ3v) is 10.6. The number of aliphatic hydroxyl groups excluding tert-OH is 1. The Morgan fingerprint density at radius 1 is 1.13 bits per heavy atom. The van der Waals surface area contributed by atoms with Crippen LogP contribution >= 0.6 is 0 Å². The number of hydrogen-bond acceptors (Lipinski definition) is 8. The van der Waals surface area contributed by atoms with Gasteiger partial charge in [-0.25, -0.2) is 0 Å². The number of benzene rings is 1. The van der Waals surface area contributed by atoms with Crippen molar-refractivity contribution in [1.29, 1.82) is 0 Å². The van der Waals surface area contributed by atoms with Crippen LogP contribution in [0.25, 0.3) is 0 Å². The molecular weight excluding hydrogens is 500 g/mol. The molecule has 0 saturated heterocycles. The minimum Gasteiger partial charge on any atom is -0.504 e. The van der Waals surface area contributed by atoms with Crippen LogP contribution in [0.1, 0.15) is 84.4 Å². The first-order valence-corrected chi connectivity index (χ1v) is 13.7. The van der Waals surface area contributed by atoms with E-state index in [0.29, 0.717) is 30.4 Å². The number of ketones is 2. The first-order chi connectivity index (χ1) is 17.7. The Morgan fingerprint density at radius 3 is 2.33 bits per heavy atom. The van der Waals surface area contributed by atoms with Crippen molar-refractivity contribution in [3.8, 4) is 11.5 Å². The molecule has 0 bridgehead atoms. The maximum absolute atomic E-state index is 14.2. The van der Waals surface area contributed by atoms with Crippen molar-refractivity contribution >= 4 is 17.5 Å². The topological polar surface area (TPSA) is 141 Å². The summed E-state index contributed by atoms with van der Waals surface area (Å²) in [7, 11) is 0. The highest BCUT2D eigenvalue weighted by molar-refractivity contribution is 5.98. The molecule has 0 aliphatic heterocycles. The van der Waals surface area contributed by atoms with Crippen molar-refractivity contribution in [2.45, 2.75) is 104 Å². The van der Waals surface area contributed by atoms with Gasteiger partial charge >= 0.3 is 5.97 Å². The molecule has 2 fully saturated rings. The van der Waals surface area contributed by atoms with E-state index in [4.69, 9.17) is 4.74 Å². The number of rotatable bonds is 5. The van der Waals surface area contributed by atoms with E-state index in [1.807, 2.05) is 20.8 Å². The lowest BCUT2D eigenvalue weighted by molar-refractivity contribution is -0.168. The fourth-order valence-electron chi connectivity index (χ4n) is 8.61. The van der Waals surface area contributed by atoms with E-state index >= 15 is 0 Å². The van der Waals surface area contributed by atoms with Gasteiger partial charge in [0.1, 0.15) is 17.0 Å². The predicted octanol–water partition coefficient (Wildman–Crippen LogP) is 3.81. The summed E-state index contributed by atoms with van der Waals surface area (Å²) in [6.07, 6.45) is 3.12. The van der Waals surface area contributed by atoms with Gasteiger partial charge in [-0.1, -0.05) is 13.8 Å². The summed E-state index contributed by atoms with van der Waals surface area (Å²) in [5.74, 6) is -2.80. The second-order valence-corrected chi connectivity index (χ2v) is 13.4. The molecule has 3 aliphatic rings. The van der Waals surface area contributed by atoms with E-state index in [0.717, 1.165) is 5.56 Å². The summed E-state index contributed by atoms with van der Waals surface area (Å²) in [5, 5.41) is 44.0. The SMILES string of the molecule is CC(=O)OC(C)(C)/C=C/C(=O)C(C)(O)C1[C@H](O)C[C@@]2(C)C3CCc4c(cc(O)c(O)c4C)C3(C)C(=O)CC12C. The van der Waals surface area contributed by atoms with Crippen LogP contribution in [-0.4, -0.2) is 55.3 Å². The Balaban J connectivity index is 1.76. The highest BCUT2D eigenvalue weighted by Crippen LogP contribution is 2.72. The lowest BCUT2D eigenvalue weighted by atomic mass is 9.41. The molecule has 214 valence electrons. The summed E-state index contributed by atoms with van der Waals surface area (Å²) < 4.78 is 5.22. The van der Waals surface area contributed by atoms with Crippen LogP contribution in [-0.2, 0) is 31.0 Å². The van der Waals surface area contributed by atoms with Gasteiger partial charge in [-0.15, -0.1) is 0 Å². The fourth-order valence-corrected chi connectivity index (χ4v) is 8.61. The van der Waals surface area contributed by atoms with Gasteiger partial charge < -0.3 is 25.2 Å². The van der Waals surface area contributed by atoms with Gasteiger partial charge in [0.15, 0.2) is 17.3 Å². The molecular formula is C31H42O8. The number of hydrogen-bond donors (Lipinski definition) is 4.